The number of aliphatic hydroxyl groups excluding tert-OH is 1. The van der Waals surface area contributed by atoms with Gasteiger partial charge in [-0.2, -0.15) is 0 Å². The van der Waals surface area contributed by atoms with E-state index < -0.39 is 22.7 Å². The number of hydrogen-bond donors (Lipinski definition) is 3. The molecule has 6 rings (SSSR count). The predicted octanol–water partition coefficient (Wildman–Crippen LogP) is 3.01. The van der Waals surface area contributed by atoms with Gasteiger partial charge in [-0.05, 0) is 68.9 Å². The summed E-state index contributed by atoms with van der Waals surface area (Å²) >= 11 is 0. The van der Waals surface area contributed by atoms with Gasteiger partial charge in [0.25, 0.3) is 0 Å². The Morgan fingerprint density at radius 1 is 1.14 bits per heavy atom. The Labute approximate surface area is 217 Å². The molecule has 1 heterocycles. The van der Waals surface area contributed by atoms with Crippen LogP contribution >= 0.6 is 0 Å². The second-order valence-corrected chi connectivity index (χ2v) is 12.9. The van der Waals surface area contributed by atoms with E-state index in [1.54, 1.807) is 18.3 Å². The van der Waals surface area contributed by atoms with Crippen LogP contribution in [-0.2, 0) is 21.7 Å². The number of aliphatic hydroxyl groups is 3. The summed E-state index contributed by atoms with van der Waals surface area (Å²) < 4.78 is 1.45. The van der Waals surface area contributed by atoms with Gasteiger partial charge in [0.1, 0.15) is 23.4 Å². The zero-order valence-electron chi connectivity index (χ0n) is 21.9. The second kappa shape index (κ2) is 8.42. The summed E-state index contributed by atoms with van der Waals surface area (Å²) in [6.45, 7) is 3.99. The number of carbonyl (C=O) groups is 2. The van der Waals surface area contributed by atoms with E-state index in [-0.39, 0.29) is 41.3 Å². The molecule has 6 unspecified atom stereocenters. The maximum Gasteiger partial charge on any atom is 0.186 e. The molecule has 5 aliphatic rings. The molecule has 1 aromatic heterocycles. The predicted molar refractivity (Wildman–Crippen MR) is 135 cm³/mol. The van der Waals surface area contributed by atoms with Gasteiger partial charge >= 0.3 is 0 Å². The summed E-state index contributed by atoms with van der Waals surface area (Å²) in [7, 11) is 0. The molecular weight excluding hydrogens is 470 g/mol. The first-order valence-corrected chi connectivity index (χ1v) is 14.0. The van der Waals surface area contributed by atoms with Crippen LogP contribution in [0.4, 0.5) is 0 Å². The Morgan fingerprint density at radius 3 is 2.65 bits per heavy atom. The number of nitrogens with zero attached hydrogens (tertiary/aromatic N) is 3. The fourth-order valence-electron chi connectivity index (χ4n) is 9.05. The number of Topliss-reactive ketones (excluding diaryl/α,β-unsaturated/α-hetero) is 1. The minimum Gasteiger partial charge on any atom is -0.393 e. The van der Waals surface area contributed by atoms with Gasteiger partial charge in [-0.25, -0.2) is 4.68 Å². The highest BCUT2D eigenvalue weighted by atomic mass is 16.3. The molecule has 0 aromatic carbocycles. The normalized spacial score (nSPS) is 42.5. The number of hydrogen-bond acceptors (Lipinski definition) is 7. The number of fused-ring (bicyclic) bond motifs is 5. The van der Waals surface area contributed by atoms with E-state index in [0.717, 1.165) is 44.1 Å². The van der Waals surface area contributed by atoms with Crippen molar-refractivity contribution in [3.63, 3.8) is 0 Å². The Kier molecular flexibility index (Phi) is 5.72. The van der Waals surface area contributed by atoms with Crippen LogP contribution in [0, 0.1) is 28.6 Å². The first kappa shape index (κ1) is 25.1. The Morgan fingerprint density at radius 2 is 1.89 bits per heavy atom. The molecule has 0 spiro atoms. The topological polar surface area (TPSA) is 126 Å². The molecule has 4 fully saturated rings. The molecule has 200 valence electrons. The average molecular weight is 510 g/mol. The second-order valence-electron chi connectivity index (χ2n) is 12.9. The third-order valence-corrected chi connectivity index (χ3v) is 11.1. The molecule has 0 radical (unpaired) electrons. The van der Waals surface area contributed by atoms with Crippen molar-refractivity contribution < 1.29 is 24.9 Å². The molecule has 0 saturated heterocycles. The van der Waals surface area contributed by atoms with Crippen molar-refractivity contribution in [2.75, 3.05) is 0 Å². The molecule has 4 saturated carbocycles. The zero-order chi connectivity index (χ0) is 26.2. The van der Waals surface area contributed by atoms with Gasteiger partial charge in [0.15, 0.2) is 11.6 Å². The molecule has 7 atom stereocenters. The smallest absolute Gasteiger partial charge is 0.186 e. The van der Waals surface area contributed by atoms with Gasteiger partial charge < -0.3 is 15.3 Å². The van der Waals surface area contributed by atoms with E-state index in [0.29, 0.717) is 31.4 Å². The first-order chi connectivity index (χ1) is 17.5. The summed E-state index contributed by atoms with van der Waals surface area (Å²) in [5.41, 5.74) is -2.09. The summed E-state index contributed by atoms with van der Waals surface area (Å²) in [5, 5.41) is 42.8. The number of carbonyl (C=O) groups excluding carboxylic acids is 2. The van der Waals surface area contributed by atoms with Crippen LogP contribution in [0.1, 0.15) is 83.7 Å². The van der Waals surface area contributed by atoms with Crippen molar-refractivity contribution in [2.45, 2.75) is 102 Å². The van der Waals surface area contributed by atoms with Crippen LogP contribution in [0.15, 0.2) is 30.0 Å². The SMILES string of the molecule is CC12C=CC(=O)C=C1CCC1C2C(O)CC2(C)C1CC[C@]2(O)C(=O)Cn1cc(C2(O)CCCCC2)nn1. The molecule has 8 nitrogen and oxygen atoms in total. The number of ketones is 2. The third-order valence-electron chi connectivity index (χ3n) is 11.1. The summed E-state index contributed by atoms with van der Waals surface area (Å²) in [4.78, 5) is 25.7. The van der Waals surface area contributed by atoms with E-state index in [2.05, 4.69) is 17.2 Å². The van der Waals surface area contributed by atoms with Crippen LogP contribution in [0.25, 0.3) is 0 Å². The van der Waals surface area contributed by atoms with E-state index in [4.69, 9.17) is 0 Å². The number of rotatable bonds is 4. The molecule has 0 bridgehead atoms. The molecular formula is C29H39N3O5. The lowest BCUT2D eigenvalue weighted by atomic mass is 9.46. The van der Waals surface area contributed by atoms with Crippen molar-refractivity contribution in [2.24, 2.45) is 28.6 Å². The van der Waals surface area contributed by atoms with Crippen LogP contribution in [-0.4, -0.2) is 53.6 Å². The highest BCUT2D eigenvalue weighted by Crippen LogP contribution is 2.67. The highest BCUT2D eigenvalue weighted by molar-refractivity contribution is 6.01. The minimum atomic E-state index is -1.56. The maximum absolute atomic E-state index is 13.7. The Bertz CT molecular complexity index is 1180. The number of aromatic nitrogens is 3. The van der Waals surface area contributed by atoms with Crippen molar-refractivity contribution in [1.29, 1.82) is 0 Å². The van der Waals surface area contributed by atoms with Crippen LogP contribution in [0.3, 0.4) is 0 Å². The number of allylic oxidation sites excluding steroid dienone is 4. The lowest BCUT2D eigenvalue weighted by molar-refractivity contribution is -0.177. The monoisotopic (exact) mass is 509 g/mol. The van der Waals surface area contributed by atoms with E-state index in [1.165, 1.54) is 4.68 Å². The molecule has 37 heavy (non-hydrogen) atoms. The summed E-state index contributed by atoms with van der Waals surface area (Å²) in [5.74, 6) is -0.0705. The van der Waals surface area contributed by atoms with E-state index in [9.17, 15) is 24.9 Å². The third kappa shape index (κ3) is 3.58. The fourth-order valence-corrected chi connectivity index (χ4v) is 9.05. The molecule has 3 N–H and O–H groups in total. The molecule has 5 aliphatic carbocycles. The summed E-state index contributed by atoms with van der Waals surface area (Å²) in [6, 6.07) is 0. The van der Waals surface area contributed by atoms with Crippen molar-refractivity contribution >= 4 is 11.6 Å². The standard InChI is InChI=1S/C29H39N3O5/c1-26-12-8-19(33)14-18(26)6-7-20-21-9-13-29(37,27(21,2)15-22(34)25(20)26)24(35)17-32-16-23(30-31-32)28(36)10-4-3-5-11-28/h8,12,14,16,20-22,25,34,36-37H,3-7,9-11,13,15,17H2,1-2H3/t20?,21?,22?,25?,26?,27?,29-/m0/s1. The van der Waals surface area contributed by atoms with Crippen LogP contribution in [0.2, 0.25) is 0 Å². The Balaban J connectivity index is 1.24. The van der Waals surface area contributed by atoms with Gasteiger partial charge in [0.2, 0.25) is 0 Å². The van der Waals surface area contributed by atoms with Gasteiger partial charge in [-0.15, -0.1) is 5.10 Å². The van der Waals surface area contributed by atoms with Crippen molar-refractivity contribution in [1.82, 2.24) is 15.0 Å². The quantitative estimate of drug-likeness (QED) is 0.570. The molecule has 0 aliphatic heterocycles. The lowest BCUT2D eigenvalue weighted by Gasteiger charge is -2.59. The van der Waals surface area contributed by atoms with Crippen LogP contribution < -0.4 is 0 Å². The van der Waals surface area contributed by atoms with Gasteiger partial charge in [0, 0.05) is 16.7 Å². The van der Waals surface area contributed by atoms with E-state index >= 15 is 0 Å². The summed E-state index contributed by atoms with van der Waals surface area (Å²) in [6.07, 6.45) is 13.6. The van der Waals surface area contributed by atoms with E-state index in [1.807, 2.05) is 13.0 Å². The molecule has 8 heteroatoms. The van der Waals surface area contributed by atoms with Gasteiger partial charge in [0.05, 0.1) is 12.3 Å². The minimum absolute atomic E-state index is 0.00812. The maximum atomic E-state index is 13.7. The van der Waals surface area contributed by atoms with Gasteiger partial charge in [-0.3, -0.25) is 9.59 Å². The Hall–Kier alpha value is -2.16. The molecule has 0 amide bonds. The average Bonchev–Trinajstić information content (AvgIpc) is 3.43. The zero-order valence-corrected chi connectivity index (χ0v) is 21.9. The van der Waals surface area contributed by atoms with Crippen molar-refractivity contribution in [3.05, 3.63) is 35.7 Å². The first-order valence-electron chi connectivity index (χ1n) is 14.0. The van der Waals surface area contributed by atoms with Crippen molar-refractivity contribution in [3.8, 4) is 0 Å². The van der Waals surface area contributed by atoms with Crippen LogP contribution in [0.5, 0.6) is 0 Å². The lowest BCUT2D eigenvalue weighted by Crippen LogP contribution is -2.61. The fraction of sp³-hybridized carbons (Fsp3) is 0.724. The molecule has 1 aromatic rings. The van der Waals surface area contributed by atoms with Gasteiger partial charge in [-0.1, -0.05) is 50.0 Å². The largest absolute Gasteiger partial charge is 0.393 e. The highest BCUT2D eigenvalue weighted by Gasteiger charge is 2.68.